The third-order valence-corrected chi connectivity index (χ3v) is 5.38. The number of aromatic nitrogens is 3. The summed E-state index contributed by atoms with van der Waals surface area (Å²) in [6.07, 6.45) is 1.28. The van der Waals surface area contributed by atoms with E-state index in [0.717, 1.165) is 17.4 Å². The molecule has 2 aromatic rings. The maximum Gasteiger partial charge on any atom is 0.345 e. The maximum absolute atomic E-state index is 12.2. The molecule has 0 radical (unpaired) electrons. The lowest BCUT2D eigenvalue weighted by Gasteiger charge is -2.11. The molecule has 10 heteroatoms. The van der Waals surface area contributed by atoms with Crippen LogP contribution in [0.25, 0.3) is 0 Å². The lowest BCUT2D eigenvalue weighted by Crippen LogP contribution is -2.27. The van der Waals surface area contributed by atoms with Crippen molar-refractivity contribution in [2.75, 3.05) is 0 Å². The van der Waals surface area contributed by atoms with E-state index in [0.29, 0.717) is 10.7 Å². The highest BCUT2D eigenvalue weighted by Crippen LogP contribution is 2.26. The van der Waals surface area contributed by atoms with Crippen molar-refractivity contribution in [1.29, 1.82) is 0 Å². The number of nitrogens with one attached hydrogen (secondary N) is 2. The second-order valence-corrected chi connectivity index (χ2v) is 6.99. The van der Waals surface area contributed by atoms with Crippen LogP contribution in [0.4, 0.5) is 0 Å². The second kappa shape index (κ2) is 5.31. The van der Waals surface area contributed by atoms with E-state index in [1.165, 1.54) is 6.33 Å². The maximum atomic E-state index is 12.2. The van der Waals surface area contributed by atoms with Crippen LogP contribution in [0.3, 0.4) is 0 Å². The van der Waals surface area contributed by atoms with Crippen LogP contribution in [0, 0.1) is 6.92 Å². The number of hydrogen-bond acceptors (Lipinski definition) is 6. The molecule has 1 unspecified atom stereocenters. The Bertz CT molecular complexity index is 721. The number of carboxylic acids is 1. The summed E-state index contributed by atoms with van der Waals surface area (Å²) in [6, 6.07) is 0.549. The summed E-state index contributed by atoms with van der Waals surface area (Å²) in [7, 11) is -3.82. The largest absolute Gasteiger partial charge is 0.477 e. The average molecular weight is 316 g/mol. The highest BCUT2D eigenvalue weighted by atomic mass is 32.2. The van der Waals surface area contributed by atoms with Crippen LogP contribution in [0.5, 0.6) is 0 Å². The molecule has 108 valence electrons. The van der Waals surface area contributed by atoms with Crippen molar-refractivity contribution < 1.29 is 18.3 Å². The van der Waals surface area contributed by atoms with Crippen LogP contribution in [-0.4, -0.2) is 34.7 Å². The van der Waals surface area contributed by atoms with Crippen molar-refractivity contribution >= 4 is 27.3 Å². The molecule has 3 N–H and O–H groups in total. The van der Waals surface area contributed by atoms with Crippen LogP contribution < -0.4 is 4.72 Å². The van der Waals surface area contributed by atoms with Gasteiger partial charge in [-0.1, -0.05) is 0 Å². The molecule has 0 aromatic carbocycles. The van der Waals surface area contributed by atoms with Crippen LogP contribution >= 0.6 is 11.3 Å². The minimum Gasteiger partial charge on any atom is -0.477 e. The number of sulfonamides is 1. The van der Waals surface area contributed by atoms with E-state index in [4.69, 9.17) is 5.11 Å². The molecule has 1 atom stereocenters. The van der Waals surface area contributed by atoms with E-state index in [-0.39, 0.29) is 9.77 Å². The summed E-state index contributed by atoms with van der Waals surface area (Å²) in [5.74, 6) is -0.775. The molecule has 0 bridgehead atoms. The molecule has 2 aromatic heterocycles. The molecule has 0 spiro atoms. The molecular weight excluding hydrogens is 304 g/mol. The Labute approximate surface area is 118 Å². The first-order valence-electron chi connectivity index (χ1n) is 5.52. The van der Waals surface area contributed by atoms with Gasteiger partial charge in [0.25, 0.3) is 0 Å². The van der Waals surface area contributed by atoms with Gasteiger partial charge >= 0.3 is 5.97 Å². The fraction of sp³-hybridized carbons (Fsp3) is 0.300. The van der Waals surface area contributed by atoms with E-state index < -0.39 is 22.0 Å². The molecule has 20 heavy (non-hydrogen) atoms. The Morgan fingerprint density at radius 1 is 1.55 bits per heavy atom. The number of carboxylic acid groups (broad SMARTS) is 1. The molecule has 0 fully saturated rings. The number of aromatic carboxylic acids is 1. The third kappa shape index (κ3) is 2.86. The number of rotatable bonds is 5. The molecule has 0 saturated carbocycles. The predicted molar refractivity (Wildman–Crippen MR) is 71.1 cm³/mol. The van der Waals surface area contributed by atoms with Gasteiger partial charge in [-0.05, 0) is 19.9 Å². The third-order valence-electron chi connectivity index (χ3n) is 2.55. The van der Waals surface area contributed by atoms with Crippen LogP contribution in [0.1, 0.15) is 33.3 Å². The lowest BCUT2D eigenvalue weighted by molar-refractivity contribution is 0.0702. The zero-order valence-electron chi connectivity index (χ0n) is 10.6. The van der Waals surface area contributed by atoms with Crippen molar-refractivity contribution in [3.8, 4) is 0 Å². The number of thiophene rings is 1. The van der Waals surface area contributed by atoms with Gasteiger partial charge in [0, 0.05) is 4.88 Å². The summed E-state index contributed by atoms with van der Waals surface area (Å²) in [6.45, 7) is 3.17. The van der Waals surface area contributed by atoms with Gasteiger partial charge in [-0.2, -0.15) is 5.10 Å². The van der Waals surface area contributed by atoms with Crippen LogP contribution in [-0.2, 0) is 10.0 Å². The summed E-state index contributed by atoms with van der Waals surface area (Å²) in [5.41, 5.74) is 0. The highest BCUT2D eigenvalue weighted by Gasteiger charge is 2.25. The van der Waals surface area contributed by atoms with Crippen molar-refractivity contribution in [2.45, 2.75) is 24.8 Å². The minimum absolute atomic E-state index is 0.0183. The lowest BCUT2D eigenvalue weighted by atomic mass is 10.3. The smallest absolute Gasteiger partial charge is 0.345 e. The topological polar surface area (TPSA) is 125 Å². The molecule has 0 aliphatic carbocycles. The molecule has 0 amide bonds. The Kier molecular flexibility index (Phi) is 3.88. The van der Waals surface area contributed by atoms with Gasteiger partial charge in [0.05, 0.1) is 10.9 Å². The summed E-state index contributed by atoms with van der Waals surface area (Å²) in [5, 5.41) is 15.1. The average Bonchev–Trinajstić information content (AvgIpc) is 2.96. The van der Waals surface area contributed by atoms with Crippen LogP contribution in [0.15, 0.2) is 17.3 Å². The number of H-pyrrole nitrogens is 1. The van der Waals surface area contributed by atoms with Gasteiger partial charge in [-0.25, -0.2) is 22.9 Å². The first kappa shape index (κ1) is 14.6. The van der Waals surface area contributed by atoms with Crippen molar-refractivity contribution in [3.05, 3.63) is 28.0 Å². The van der Waals surface area contributed by atoms with Crippen LogP contribution in [0.2, 0.25) is 0 Å². The fourth-order valence-electron chi connectivity index (χ4n) is 1.61. The van der Waals surface area contributed by atoms with E-state index in [1.54, 1.807) is 13.8 Å². The van der Waals surface area contributed by atoms with Gasteiger partial charge in [0.1, 0.15) is 17.0 Å². The Balaban J connectivity index is 2.29. The minimum atomic E-state index is -3.82. The molecule has 2 rings (SSSR count). The first-order chi connectivity index (χ1) is 9.31. The SMILES string of the molecule is Cc1sc(C(=O)O)cc1S(=O)(=O)NC(C)c1ncn[nH]1. The molecule has 0 saturated heterocycles. The molecule has 8 nitrogen and oxygen atoms in total. The number of carbonyl (C=O) groups is 1. The Morgan fingerprint density at radius 3 is 2.75 bits per heavy atom. The van der Waals surface area contributed by atoms with Gasteiger partial charge in [-0.3, -0.25) is 5.10 Å². The monoisotopic (exact) mass is 316 g/mol. The van der Waals surface area contributed by atoms with Gasteiger partial charge in [-0.15, -0.1) is 11.3 Å². The zero-order chi connectivity index (χ0) is 14.9. The normalized spacial score (nSPS) is 13.3. The highest BCUT2D eigenvalue weighted by molar-refractivity contribution is 7.89. The van der Waals surface area contributed by atoms with Gasteiger partial charge < -0.3 is 5.11 Å². The fourth-order valence-corrected chi connectivity index (χ4v) is 4.25. The predicted octanol–water partition coefficient (Wildman–Crippen LogP) is 0.912. The quantitative estimate of drug-likeness (QED) is 0.753. The molecular formula is C10H12N4O4S2. The van der Waals surface area contributed by atoms with Crippen molar-refractivity contribution in [2.24, 2.45) is 0 Å². The van der Waals surface area contributed by atoms with Gasteiger partial charge in [0.15, 0.2) is 0 Å². The Hall–Kier alpha value is -1.78. The number of aromatic amines is 1. The van der Waals surface area contributed by atoms with Gasteiger partial charge in [0.2, 0.25) is 10.0 Å². The molecule has 0 aliphatic rings. The first-order valence-corrected chi connectivity index (χ1v) is 7.82. The molecule has 2 heterocycles. The van der Waals surface area contributed by atoms with Crippen molar-refractivity contribution in [1.82, 2.24) is 19.9 Å². The van der Waals surface area contributed by atoms with Crippen molar-refractivity contribution in [3.63, 3.8) is 0 Å². The standard InChI is InChI=1S/C10H12N4O4S2/c1-5(9-11-4-12-13-9)14-20(17,18)8-3-7(10(15)16)19-6(8)2/h3-5,14H,1-2H3,(H,15,16)(H,11,12,13). The number of hydrogen-bond donors (Lipinski definition) is 3. The zero-order valence-corrected chi connectivity index (χ0v) is 12.2. The number of nitrogens with zero attached hydrogens (tertiary/aromatic N) is 2. The number of aryl methyl sites for hydroxylation is 1. The summed E-state index contributed by atoms with van der Waals surface area (Å²) < 4.78 is 26.9. The molecule has 0 aliphatic heterocycles. The van der Waals surface area contributed by atoms with E-state index in [2.05, 4.69) is 19.9 Å². The van der Waals surface area contributed by atoms with E-state index in [9.17, 15) is 13.2 Å². The van der Waals surface area contributed by atoms with E-state index in [1.807, 2.05) is 0 Å². The summed E-state index contributed by atoms with van der Waals surface area (Å²) in [4.78, 5) is 15.1. The second-order valence-electron chi connectivity index (χ2n) is 4.05. The van der Waals surface area contributed by atoms with E-state index >= 15 is 0 Å². The Morgan fingerprint density at radius 2 is 2.25 bits per heavy atom. The summed E-state index contributed by atoms with van der Waals surface area (Å²) >= 11 is 0.919.